The molecule has 0 fully saturated rings. The number of aryl methyl sites for hydroxylation is 1. The van der Waals surface area contributed by atoms with Crippen LogP contribution >= 0.6 is 62.7 Å². The number of aromatic nitrogens is 2. The van der Waals surface area contributed by atoms with Crippen molar-refractivity contribution in [3.8, 4) is 0 Å². The van der Waals surface area contributed by atoms with Crippen LogP contribution in [-0.4, -0.2) is 27.5 Å². The highest BCUT2D eigenvalue weighted by Gasteiger charge is 2.27. The van der Waals surface area contributed by atoms with Gasteiger partial charge in [0.2, 0.25) is 0 Å². The molecule has 1 aromatic carbocycles. The predicted molar refractivity (Wildman–Crippen MR) is 142 cm³/mol. The number of hydrogen-bond acceptors (Lipinski definition) is 5. The molecule has 0 atom stereocenters. The average Bonchev–Trinajstić information content (AvgIpc) is 3.29. The van der Waals surface area contributed by atoms with E-state index >= 15 is 0 Å². The molecule has 33 heavy (non-hydrogen) atoms. The van der Waals surface area contributed by atoms with Crippen LogP contribution in [0.1, 0.15) is 46.1 Å². The fourth-order valence-electron chi connectivity index (χ4n) is 3.70. The minimum atomic E-state index is -0.312. The largest absolute Gasteiger partial charge is 0.462 e. The molecular weight excluding hydrogens is 567 g/mol. The number of fused-ring (bicyclic) bond motifs is 1. The molecule has 0 unspecified atom stereocenters. The standard InChI is InChI=1S/C22H21BrCl2N4O2S2/c1-2-31-21(30)18-14-5-3-4-6-17(14)33-20(18)27-22(32)26-19-15(23)11-29(28-19)10-12-7-8-13(24)9-16(12)25/h7-9,11H,2-6,10H2,1H3,(H2,26,27,28,32). The highest BCUT2D eigenvalue weighted by Crippen LogP contribution is 2.38. The van der Waals surface area contributed by atoms with E-state index in [4.69, 9.17) is 40.2 Å². The van der Waals surface area contributed by atoms with Crippen molar-refractivity contribution in [1.29, 1.82) is 0 Å². The Morgan fingerprint density at radius 3 is 2.85 bits per heavy atom. The zero-order valence-corrected chi connectivity index (χ0v) is 22.4. The van der Waals surface area contributed by atoms with Crippen LogP contribution in [0.2, 0.25) is 10.0 Å². The summed E-state index contributed by atoms with van der Waals surface area (Å²) in [6, 6.07) is 5.37. The van der Waals surface area contributed by atoms with E-state index in [0.29, 0.717) is 44.7 Å². The molecule has 2 heterocycles. The lowest BCUT2D eigenvalue weighted by molar-refractivity contribution is 0.0526. The number of carbonyl (C=O) groups is 1. The summed E-state index contributed by atoms with van der Waals surface area (Å²) in [5.41, 5.74) is 2.58. The highest BCUT2D eigenvalue weighted by atomic mass is 79.9. The number of anilines is 2. The van der Waals surface area contributed by atoms with Gasteiger partial charge in [-0.05, 0) is 84.0 Å². The van der Waals surface area contributed by atoms with Crippen LogP contribution < -0.4 is 10.6 Å². The van der Waals surface area contributed by atoms with E-state index < -0.39 is 0 Å². The predicted octanol–water partition coefficient (Wildman–Crippen LogP) is 6.93. The van der Waals surface area contributed by atoms with Gasteiger partial charge >= 0.3 is 5.97 Å². The van der Waals surface area contributed by atoms with Gasteiger partial charge in [0.1, 0.15) is 5.00 Å². The number of thiocarbonyl (C=S) groups is 1. The van der Waals surface area contributed by atoms with Gasteiger partial charge in [-0.25, -0.2) is 4.79 Å². The Balaban J connectivity index is 1.49. The van der Waals surface area contributed by atoms with Gasteiger partial charge in [0.15, 0.2) is 10.9 Å². The molecule has 174 valence electrons. The number of nitrogens with one attached hydrogen (secondary N) is 2. The summed E-state index contributed by atoms with van der Waals surface area (Å²) in [7, 11) is 0. The molecule has 11 heteroatoms. The zero-order chi connectivity index (χ0) is 23.5. The summed E-state index contributed by atoms with van der Waals surface area (Å²) >= 11 is 22.9. The number of hydrogen-bond donors (Lipinski definition) is 2. The second-order valence-electron chi connectivity index (χ2n) is 7.47. The van der Waals surface area contributed by atoms with Crippen molar-refractivity contribution in [1.82, 2.24) is 9.78 Å². The molecule has 0 bridgehead atoms. The molecular formula is C22H21BrCl2N4O2S2. The van der Waals surface area contributed by atoms with Crippen molar-refractivity contribution < 1.29 is 9.53 Å². The van der Waals surface area contributed by atoms with Gasteiger partial charge in [0.05, 0.1) is 23.2 Å². The average molecular weight is 588 g/mol. The second-order valence-corrected chi connectivity index (χ2v) is 10.7. The van der Waals surface area contributed by atoms with Crippen LogP contribution in [0.25, 0.3) is 0 Å². The smallest absolute Gasteiger partial charge is 0.341 e. The number of ether oxygens (including phenoxy) is 1. The first-order valence-corrected chi connectivity index (χ1v) is 13.2. The van der Waals surface area contributed by atoms with Crippen molar-refractivity contribution in [3.63, 3.8) is 0 Å². The Kier molecular flexibility index (Phi) is 7.96. The number of nitrogens with zero attached hydrogens (tertiary/aromatic N) is 2. The van der Waals surface area contributed by atoms with Gasteiger partial charge in [-0.15, -0.1) is 11.3 Å². The van der Waals surface area contributed by atoms with Crippen LogP contribution in [0.3, 0.4) is 0 Å². The quantitative estimate of drug-likeness (QED) is 0.241. The minimum Gasteiger partial charge on any atom is -0.462 e. The topological polar surface area (TPSA) is 68.2 Å². The van der Waals surface area contributed by atoms with Crippen molar-refractivity contribution >= 4 is 84.6 Å². The molecule has 2 N–H and O–H groups in total. The third-order valence-electron chi connectivity index (χ3n) is 5.17. The monoisotopic (exact) mass is 586 g/mol. The highest BCUT2D eigenvalue weighted by molar-refractivity contribution is 9.10. The molecule has 1 aliphatic rings. The Hall–Kier alpha value is -1.65. The Morgan fingerprint density at radius 2 is 2.09 bits per heavy atom. The molecule has 0 radical (unpaired) electrons. The van der Waals surface area contributed by atoms with Crippen LogP contribution in [0.4, 0.5) is 10.8 Å². The van der Waals surface area contributed by atoms with Crippen LogP contribution in [0, 0.1) is 0 Å². The molecule has 1 aliphatic carbocycles. The maximum atomic E-state index is 12.7. The lowest BCUT2D eigenvalue weighted by Gasteiger charge is -2.13. The number of esters is 1. The van der Waals surface area contributed by atoms with E-state index in [1.165, 1.54) is 4.88 Å². The minimum absolute atomic E-state index is 0.312. The van der Waals surface area contributed by atoms with E-state index in [9.17, 15) is 4.79 Å². The Morgan fingerprint density at radius 1 is 1.30 bits per heavy atom. The summed E-state index contributed by atoms with van der Waals surface area (Å²) in [4.78, 5) is 13.9. The van der Waals surface area contributed by atoms with Crippen LogP contribution in [0.15, 0.2) is 28.9 Å². The normalized spacial score (nSPS) is 12.8. The molecule has 0 saturated carbocycles. The molecule has 6 nitrogen and oxygen atoms in total. The molecule has 4 rings (SSSR count). The number of halogens is 3. The number of carbonyl (C=O) groups excluding carboxylic acids is 1. The maximum Gasteiger partial charge on any atom is 0.341 e. The van der Waals surface area contributed by atoms with Gasteiger partial charge in [-0.1, -0.05) is 29.3 Å². The second kappa shape index (κ2) is 10.7. The summed E-state index contributed by atoms with van der Waals surface area (Å²) in [6.45, 7) is 2.61. The summed E-state index contributed by atoms with van der Waals surface area (Å²) in [6.07, 6.45) is 5.88. The number of thiophene rings is 1. The third kappa shape index (κ3) is 5.71. The van der Waals surface area contributed by atoms with Crippen molar-refractivity contribution in [2.45, 2.75) is 39.2 Å². The van der Waals surface area contributed by atoms with Gasteiger partial charge in [-0.3, -0.25) is 4.68 Å². The molecule has 0 spiro atoms. The first-order chi connectivity index (χ1) is 15.9. The fraction of sp³-hybridized carbons (Fsp3) is 0.318. The van der Waals surface area contributed by atoms with Gasteiger partial charge in [-0.2, -0.15) is 5.10 Å². The van der Waals surface area contributed by atoms with E-state index in [2.05, 4.69) is 31.7 Å². The Bertz CT molecular complexity index is 1210. The molecule has 2 aromatic heterocycles. The van der Waals surface area contributed by atoms with E-state index in [1.807, 2.05) is 12.3 Å². The zero-order valence-electron chi connectivity index (χ0n) is 17.7. The SMILES string of the molecule is CCOC(=O)c1c(NC(=S)Nc2nn(Cc3ccc(Cl)cc3Cl)cc2Br)sc2c1CCCC2. The van der Waals surface area contributed by atoms with Crippen LogP contribution in [0.5, 0.6) is 0 Å². The maximum absolute atomic E-state index is 12.7. The number of benzene rings is 1. The molecule has 0 aliphatic heterocycles. The van der Waals surface area contributed by atoms with Gasteiger partial charge in [0, 0.05) is 21.1 Å². The first kappa shape index (κ1) is 24.5. The fourth-order valence-corrected chi connectivity index (χ4v) is 6.13. The van der Waals surface area contributed by atoms with Gasteiger partial charge < -0.3 is 15.4 Å². The van der Waals surface area contributed by atoms with E-state index in [0.717, 1.165) is 41.3 Å². The van der Waals surface area contributed by atoms with Crippen LogP contribution in [-0.2, 0) is 24.1 Å². The van der Waals surface area contributed by atoms with E-state index in [1.54, 1.807) is 35.1 Å². The van der Waals surface area contributed by atoms with E-state index in [-0.39, 0.29) is 5.97 Å². The summed E-state index contributed by atoms with van der Waals surface area (Å²) in [5.74, 6) is 0.240. The molecule has 0 amide bonds. The lowest BCUT2D eigenvalue weighted by atomic mass is 9.95. The molecule has 0 saturated heterocycles. The number of rotatable bonds is 6. The van der Waals surface area contributed by atoms with Gasteiger partial charge in [0.25, 0.3) is 0 Å². The summed E-state index contributed by atoms with van der Waals surface area (Å²) < 4.78 is 7.80. The third-order valence-corrected chi connectivity index (χ3v) is 7.75. The Labute approximate surface area is 219 Å². The van der Waals surface area contributed by atoms with Crippen molar-refractivity contribution in [3.05, 3.63) is 60.5 Å². The summed E-state index contributed by atoms with van der Waals surface area (Å²) in [5, 5.41) is 13.1. The molecule has 3 aromatic rings. The lowest BCUT2D eigenvalue weighted by Crippen LogP contribution is -2.21. The first-order valence-electron chi connectivity index (χ1n) is 10.4. The van der Waals surface area contributed by atoms with Crippen molar-refractivity contribution in [2.24, 2.45) is 0 Å². The van der Waals surface area contributed by atoms with Crippen molar-refractivity contribution in [2.75, 3.05) is 17.2 Å².